The number of methoxy groups -OCH3 is 3. The Morgan fingerprint density at radius 1 is 1.03 bits per heavy atom. The van der Waals surface area contributed by atoms with Crippen molar-refractivity contribution in [1.29, 1.82) is 0 Å². The minimum atomic E-state index is -0.361. The molecule has 2 unspecified atom stereocenters. The van der Waals surface area contributed by atoms with Crippen molar-refractivity contribution in [2.24, 2.45) is 5.92 Å². The first-order chi connectivity index (χ1) is 15.0. The lowest BCUT2D eigenvalue weighted by Crippen LogP contribution is -2.37. The molecule has 164 valence electrons. The molecule has 0 radical (unpaired) electrons. The highest BCUT2D eigenvalue weighted by atomic mass is 32.2. The topological polar surface area (TPSA) is 68.3 Å². The van der Waals surface area contributed by atoms with E-state index in [4.69, 9.17) is 14.2 Å². The molecule has 2 aromatic carbocycles. The third kappa shape index (κ3) is 4.17. The first-order valence-electron chi connectivity index (χ1n) is 10.1. The number of hydrogen-bond donors (Lipinski definition) is 0. The van der Waals surface area contributed by atoms with E-state index in [9.17, 15) is 9.59 Å². The van der Waals surface area contributed by atoms with E-state index in [2.05, 4.69) is 0 Å². The maximum absolute atomic E-state index is 13.4. The Balaban J connectivity index is 1.52. The van der Waals surface area contributed by atoms with Crippen LogP contribution in [0.4, 0.5) is 5.69 Å². The van der Waals surface area contributed by atoms with Gasteiger partial charge in [-0.2, -0.15) is 0 Å². The Labute approximate surface area is 186 Å². The van der Waals surface area contributed by atoms with Crippen molar-refractivity contribution in [2.75, 3.05) is 45.1 Å². The molecule has 2 heterocycles. The minimum Gasteiger partial charge on any atom is -0.497 e. The molecule has 0 saturated carbocycles. The molecule has 0 spiro atoms. The van der Waals surface area contributed by atoms with Gasteiger partial charge in [-0.3, -0.25) is 9.59 Å². The molecule has 2 aromatic rings. The zero-order valence-corrected chi connectivity index (χ0v) is 18.7. The number of carbonyl (C=O) groups is 2. The molecule has 31 heavy (non-hydrogen) atoms. The van der Waals surface area contributed by atoms with Crippen LogP contribution in [0.1, 0.15) is 17.4 Å². The van der Waals surface area contributed by atoms with Crippen molar-refractivity contribution in [2.45, 2.75) is 11.8 Å². The van der Waals surface area contributed by atoms with Crippen molar-refractivity contribution < 1.29 is 23.8 Å². The van der Waals surface area contributed by atoms with Crippen LogP contribution < -0.4 is 19.1 Å². The van der Waals surface area contributed by atoms with Crippen molar-refractivity contribution in [3.8, 4) is 17.2 Å². The van der Waals surface area contributed by atoms with Gasteiger partial charge in [0, 0.05) is 37.0 Å². The summed E-state index contributed by atoms with van der Waals surface area (Å²) in [5.41, 5.74) is 1.74. The SMILES string of the molecule is COc1cccc(N2CC(C(=O)N3CCSC3c3ccc(OC)c(OC)c3)CC2=O)c1. The van der Waals surface area contributed by atoms with E-state index in [1.54, 1.807) is 38.0 Å². The fraction of sp³-hybridized carbons (Fsp3) is 0.391. The summed E-state index contributed by atoms with van der Waals surface area (Å²) in [4.78, 5) is 29.7. The number of rotatable bonds is 6. The lowest BCUT2D eigenvalue weighted by Gasteiger charge is -2.27. The standard InChI is InChI=1S/C23H26N2O5S/c1-28-18-6-4-5-17(13-18)25-14-16(12-21(25)26)22(27)24-9-10-31-23(24)15-7-8-19(29-2)20(11-15)30-3/h4-8,11,13,16,23H,9-10,12,14H2,1-3H3. The van der Waals surface area contributed by atoms with Crippen molar-refractivity contribution in [1.82, 2.24) is 4.90 Å². The molecular weight excluding hydrogens is 416 g/mol. The highest BCUT2D eigenvalue weighted by Gasteiger charge is 2.41. The second kappa shape index (κ2) is 9.09. The number of hydrogen-bond acceptors (Lipinski definition) is 6. The zero-order chi connectivity index (χ0) is 22.0. The summed E-state index contributed by atoms with van der Waals surface area (Å²) in [5.74, 6) is 2.45. The molecular formula is C23H26N2O5S. The maximum atomic E-state index is 13.4. The van der Waals surface area contributed by atoms with Crippen LogP contribution in [0.2, 0.25) is 0 Å². The Bertz CT molecular complexity index is 982. The molecule has 7 nitrogen and oxygen atoms in total. The number of thioether (sulfide) groups is 1. The number of amides is 2. The van der Waals surface area contributed by atoms with Crippen LogP contribution in [0.3, 0.4) is 0 Å². The highest BCUT2D eigenvalue weighted by molar-refractivity contribution is 7.99. The fourth-order valence-corrected chi connectivity index (χ4v) is 5.37. The molecule has 2 saturated heterocycles. The average Bonchev–Trinajstić information content (AvgIpc) is 3.45. The molecule has 0 bridgehead atoms. The lowest BCUT2D eigenvalue weighted by atomic mass is 10.1. The van der Waals surface area contributed by atoms with Crippen LogP contribution >= 0.6 is 11.8 Å². The number of anilines is 1. The summed E-state index contributed by atoms with van der Waals surface area (Å²) in [6.45, 7) is 1.04. The summed E-state index contributed by atoms with van der Waals surface area (Å²) in [6, 6.07) is 13.1. The summed E-state index contributed by atoms with van der Waals surface area (Å²) < 4.78 is 16.0. The maximum Gasteiger partial charge on any atom is 0.229 e. The van der Waals surface area contributed by atoms with Gasteiger partial charge in [0.2, 0.25) is 11.8 Å². The predicted octanol–water partition coefficient (Wildman–Crippen LogP) is 3.34. The molecule has 2 atom stereocenters. The summed E-state index contributed by atoms with van der Waals surface area (Å²) in [6.07, 6.45) is 0.218. The highest BCUT2D eigenvalue weighted by Crippen LogP contribution is 2.42. The van der Waals surface area contributed by atoms with E-state index < -0.39 is 0 Å². The summed E-state index contributed by atoms with van der Waals surface area (Å²) in [7, 11) is 4.79. The number of ether oxygens (including phenoxy) is 3. The second-order valence-corrected chi connectivity index (χ2v) is 8.66. The third-order valence-electron chi connectivity index (χ3n) is 5.71. The largest absolute Gasteiger partial charge is 0.497 e. The van der Waals surface area contributed by atoms with Gasteiger partial charge in [0.15, 0.2) is 11.5 Å². The number of carbonyl (C=O) groups excluding carboxylic acids is 2. The number of nitrogens with zero attached hydrogens (tertiary/aromatic N) is 2. The number of benzene rings is 2. The molecule has 2 fully saturated rings. The van der Waals surface area contributed by atoms with E-state index in [1.807, 2.05) is 47.4 Å². The van der Waals surface area contributed by atoms with Crippen LogP contribution in [-0.4, -0.2) is 56.9 Å². The van der Waals surface area contributed by atoms with Gasteiger partial charge >= 0.3 is 0 Å². The molecule has 4 rings (SSSR count). The van der Waals surface area contributed by atoms with Gasteiger partial charge in [-0.1, -0.05) is 12.1 Å². The van der Waals surface area contributed by atoms with E-state index >= 15 is 0 Å². The normalized spacial score (nSPS) is 20.8. The lowest BCUT2D eigenvalue weighted by molar-refractivity contribution is -0.136. The molecule has 0 aliphatic carbocycles. The Kier molecular flexibility index (Phi) is 6.27. The van der Waals surface area contributed by atoms with Gasteiger partial charge in [-0.25, -0.2) is 0 Å². The van der Waals surface area contributed by atoms with Crippen LogP contribution in [0.25, 0.3) is 0 Å². The van der Waals surface area contributed by atoms with Gasteiger partial charge in [0.1, 0.15) is 11.1 Å². The van der Waals surface area contributed by atoms with Gasteiger partial charge in [-0.05, 0) is 29.8 Å². The monoisotopic (exact) mass is 442 g/mol. The van der Waals surface area contributed by atoms with E-state index in [0.717, 1.165) is 17.0 Å². The van der Waals surface area contributed by atoms with Gasteiger partial charge in [-0.15, -0.1) is 11.8 Å². The molecule has 2 amide bonds. The van der Waals surface area contributed by atoms with Gasteiger partial charge in [0.25, 0.3) is 0 Å². The zero-order valence-electron chi connectivity index (χ0n) is 17.9. The molecule has 0 N–H and O–H groups in total. The van der Waals surface area contributed by atoms with Gasteiger partial charge in [0.05, 0.1) is 27.2 Å². The van der Waals surface area contributed by atoms with Crippen LogP contribution in [-0.2, 0) is 9.59 Å². The molecule has 8 heteroatoms. The predicted molar refractivity (Wildman–Crippen MR) is 120 cm³/mol. The van der Waals surface area contributed by atoms with Crippen LogP contribution in [0.5, 0.6) is 17.2 Å². The Morgan fingerprint density at radius 3 is 2.58 bits per heavy atom. The molecule has 2 aliphatic rings. The van der Waals surface area contributed by atoms with E-state index in [1.165, 1.54) is 0 Å². The van der Waals surface area contributed by atoms with Crippen molar-refractivity contribution >= 4 is 29.3 Å². The Morgan fingerprint density at radius 2 is 1.84 bits per heavy atom. The first-order valence-corrected chi connectivity index (χ1v) is 11.2. The van der Waals surface area contributed by atoms with Crippen LogP contribution in [0, 0.1) is 5.92 Å². The first kappa shape index (κ1) is 21.4. The summed E-state index contributed by atoms with van der Waals surface area (Å²) >= 11 is 1.72. The van der Waals surface area contributed by atoms with Crippen molar-refractivity contribution in [3.05, 3.63) is 48.0 Å². The van der Waals surface area contributed by atoms with E-state index in [0.29, 0.717) is 30.3 Å². The quantitative estimate of drug-likeness (QED) is 0.684. The van der Waals surface area contributed by atoms with Crippen LogP contribution in [0.15, 0.2) is 42.5 Å². The second-order valence-electron chi connectivity index (χ2n) is 7.48. The Hall–Kier alpha value is -2.87. The molecule has 2 aliphatic heterocycles. The average molecular weight is 443 g/mol. The molecule has 0 aromatic heterocycles. The minimum absolute atomic E-state index is 0.0172. The van der Waals surface area contributed by atoms with E-state index in [-0.39, 0.29) is 29.5 Å². The summed E-state index contributed by atoms with van der Waals surface area (Å²) in [5, 5.41) is -0.103. The third-order valence-corrected chi connectivity index (χ3v) is 6.97. The van der Waals surface area contributed by atoms with Crippen molar-refractivity contribution in [3.63, 3.8) is 0 Å². The van der Waals surface area contributed by atoms with Gasteiger partial charge < -0.3 is 24.0 Å². The smallest absolute Gasteiger partial charge is 0.229 e. The fourth-order valence-electron chi connectivity index (χ4n) is 4.11.